The van der Waals surface area contributed by atoms with Crippen LogP contribution >= 0.6 is 0 Å². The van der Waals surface area contributed by atoms with Crippen LogP contribution in [0.2, 0.25) is 0 Å². The third kappa shape index (κ3) is 1.09. The lowest BCUT2D eigenvalue weighted by atomic mass is 10.3. The van der Waals surface area contributed by atoms with Crippen LogP contribution in [0.5, 0.6) is 0 Å². The first-order valence-electron chi connectivity index (χ1n) is 3.69. The third-order valence-electron chi connectivity index (χ3n) is 1.63. The van der Waals surface area contributed by atoms with E-state index in [1.54, 1.807) is 24.7 Å². The summed E-state index contributed by atoms with van der Waals surface area (Å²) in [4.78, 5) is 8.15. The van der Waals surface area contributed by atoms with Gasteiger partial charge in [-0.2, -0.15) is 0 Å². The third-order valence-corrected chi connectivity index (χ3v) is 1.63. The number of nitrogens with zero attached hydrogens (tertiary/aromatic N) is 2. The van der Waals surface area contributed by atoms with E-state index in [0.29, 0.717) is 5.82 Å². The first kappa shape index (κ1) is 7.03. The fourth-order valence-corrected chi connectivity index (χ4v) is 1.02. The summed E-state index contributed by atoms with van der Waals surface area (Å²) in [6.07, 6.45) is 5.04. The number of furan rings is 1. The molecule has 2 aromatic heterocycles. The van der Waals surface area contributed by atoms with E-state index in [4.69, 9.17) is 4.42 Å². The van der Waals surface area contributed by atoms with Crippen LogP contribution in [0.15, 0.2) is 35.2 Å². The Morgan fingerprint density at radius 2 is 2.00 bits per heavy atom. The smallest absolute Gasteiger partial charge is 0.195 e. The molecule has 2 heterocycles. The van der Waals surface area contributed by atoms with Gasteiger partial charge in [0.2, 0.25) is 0 Å². The largest absolute Gasteiger partial charge is 0.461 e. The van der Waals surface area contributed by atoms with Crippen molar-refractivity contribution >= 4 is 0 Å². The number of aromatic nitrogens is 2. The zero-order chi connectivity index (χ0) is 8.39. The van der Waals surface area contributed by atoms with Crippen LogP contribution in [0.4, 0.5) is 0 Å². The van der Waals surface area contributed by atoms with Crippen molar-refractivity contribution in [2.24, 2.45) is 0 Å². The van der Waals surface area contributed by atoms with Crippen molar-refractivity contribution < 1.29 is 4.42 Å². The molecule has 0 saturated heterocycles. The molecule has 0 amide bonds. The van der Waals surface area contributed by atoms with Gasteiger partial charge in [0, 0.05) is 12.4 Å². The predicted octanol–water partition coefficient (Wildman–Crippen LogP) is 2.05. The molecule has 0 fully saturated rings. The quantitative estimate of drug-likeness (QED) is 0.640. The van der Waals surface area contributed by atoms with E-state index in [-0.39, 0.29) is 0 Å². The summed E-state index contributed by atoms with van der Waals surface area (Å²) in [5, 5.41) is 0. The second-order valence-corrected chi connectivity index (χ2v) is 2.51. The van der Waals surface area contributed by atoms with Crippen LogP contribution < -0.4 is 0 Å². The summed E-state index contributed by atoms with van der Waals surface area (Å²) in [6, 6.07) is 3.67. The van der Waals surface area contributed by atoms with Crippen molar-refractivity contribution in [2.45, 2.75) is 6.92 Å². The van der Waals surface area contributed by atoms with Gasteiger partial charge < -0.3 is 4.42 Å². The first-order valence-corrected chi connectivity index (χ1v) is 3.69. The molecule has 60 valence electrons. The number of hydrogen-bond donors (Lipinski definition) is 0. The molecule has 3 nitrogen and oxygen atoms in total. The molecular weight excluding hydrogens is 152 g/mol. The highest BCUT2D eigenvalue weighted by atomic mass is 16.3. The molecule has 0 unspecified atom stereocenters. The van der Waals surface area contributed by atoms with Crippen LogP contribution in [-0.2, 0) is 0 Å². The topological polar surface area (TPSA) is 38.9 Å². The van der Waals surface area contributed by atoms with Gasteiger partial charge in [0.05, 0.1) is 6.26 Å². The molecule has 0 spiro atoms. The Balaban J connectivity index is 2.51. The molecule has 0 atom stereocenters. The Labute approximate surface area is 70.1 Å². The minimum atomic E-state index is 0.639. The van der Waals surface area contributed by atoms with E-state index >= 15 is 0 Å². The second-order valence-electron chi connectivity index (χ2n) is 2.51. The predicted molar refractivity (Wildman–Crippen MR) is 44.5 cm³/mol. The van der Waals surface area contributed by atoms with Crippen molar-refractivity contribution in [3.05, 3.63) is 36.4 Å². The normalized spacial score (nSPS) is 10.1. The van der Waals surface area contributed by atoms with Crippen molar-refractivity contribution in [1.29, 1.82) is 0 Å². The van der Waals surface area contributed by atoms with Crippen molar-refractivity contribution in [3.63, 3.8) is 0 Å². The SMILES string of the molecule is Cc1ccoc1-c1ncccn1. The van der Waals surface area contributed by atoms with Crippen LogP contribution in [0.3, 0.4) is 0 Å². The maximum atomic E-state index is 5.23. The summed E-state index contributed by atoms with van der Waals surface area (Å²) in [5.74, 6) is 1.38. The van der Waals surface area contributed by atoms with E-state index < -0.39 is 0 Å². The monoisotopic (exact) mass is 160 g/mol. The highest BCUT2D eigenvalue weighted by Gasteiger charge is 2.06. The van der Waals surface area contributed by atoms with E-state index in [2.05, 4.69) is 9.97 Å². The van der Waals surface area contributed by atoms with E-state index in [1.165, 1.54) is 0 Å². The Morgan fingerprint density at radius 3 is 2.58 bits per heavy atom. The Morgan fingerprint density at radius 1 is 1.25 bits per heavy atom. The minimum Gasteiger partial charge on any atom is -0.461 e. The number of aryl methyl sites for hydroxylation is 1. The highest BCUT2D eigenvalue weighted by Crippen LogP contribution is 2.18. The van der Waals surface area contributed by atoms with Gasteiger partial charge >= 0.3 is 0 Å². The summed E-state index contributed by atoms with van der Waals surface area (Å²) in [7, 11) is 0. The van der Waals surface area contributed by atoms with Gasteiger partial charge in [-0.15, -0.1) is 0 Å². The lowest BCUT2D eigenvalue weighted by Gasteiger charge is -1.94. The number of rotatable bonds is 1. The van der Waals surface area contributed by atoms with Crippen LogP contribution in [0.25, 0.3) is 11.6 Å². The Kier molecular flexibility index (Phi) is 1.63. The van der Waals surface area contributed by atoms with E-state index in [1.807, 2.05) is 13.0 Å². The molecule has 0 saturated carbocycles. The zero-order valence-corrected chi connectivity index (χ0v) is 6.69. The number of hydrogen-bond acceptors (Lipinski definition) is 3. The molecule has 0 aliphatic carbocycles. The van der Waals surface area contributed by atoms with Gasteiger partial charge in [0.15, 0.2) is 11.6 Å². The lowest BCUT2D eigenvalue weighted by Crippen LogP contribution is -1.85. The van der Waals surface area contributed by atoms with Crippen LogP contribution in [0, 0.1) is 6.92 Å². The molecule has 0 aliphatic heterocycles. The molecular formula is C9H8N2O. The van der Waals surface area contributed by atoms with Crippen LogP contribution in [-0.4, -0.2) is 9.97 Å². The fourth-order valence-electron chi connectivity index (χ4n) is 1.02. The second kappa shape index (κ2) is 2.77. The molecule has 0 bridgehead atoms. The molecule has 12 heavy (non-hydrogen) atoms. The average Bonchev–Trinajstić information content (AvgIpc) is 2.53. The van der Waals surface area contributed by atoms with Crippen LogP contribution in [0.1, 0.15) is 5.56 Å². The molecule has 0 aromatic carbocycles. The first-order chi connectivity index (χ1) is 5.88. The van der Waals surface area contributed by atoms with Crippen molar-refractivity contribution in [1.82, 2.24) is 9.97 Å². The van der Waals surface area contributed by atoms with Crippen molar-refractivity contribution in [3.8, 4) is 11.6 Å². The maximum Gasteiger partial charge on any atom is 0.195 e. The maximum absolute atomic E-state index is 5.23. The Hall–Kier alpha value is -1.64. The molecule has 0 radical (unpaired) electrons. The van der Waals surface area contributed by atoms with Gasteiger partial charge in [0.1, 0.15) is 0 Å². The van der Waals surface area contributed by atoms with E-state index in [9.17, 15) is 0 Å². The van der Waals surface area contributed by atoms with Gasteiger partial charge in [-0.1, -0.05) is 0 Å². The van der Waals surface area contributed by atoms with Gasteiger partial charge in [-0.25, -0.2) is 9.97 Å². The standard InChI is InChI=1S/C9H8N2O/c1-7-3-6-12-8(7)9-10-4-2-5-11-9/h2-6H,1H3. The average molecular weight is 160 g/mol. The minimum absolute atomic E-state index is 0.639. The summed E-state index contributed by atoms with van der Waals surface area (Å²) in [5.41, 5.74) is 1.06. The molecule has 2 rings (SSSR count). The molecule has 2 aromatic rings. The molecule has 3 heteroatoms. The van der Waals surface area contributed by atoms with Gasteiger partial charge in [-0.05, 0) is 24.6 Å². The molecule has 0 N–H and O–H groups in total. The lowest BCUT2D eigenvalue weighted by molar-refractivity contribution is 0.575. The van der Waals surface area contributed by atoms with Gasteiger partial charge in [0.25, 0.3) is 0 Å². The summed E-state index contributed by atoms with van der Waals surface area (Å²) < 4.78 is 5.23. The van der Waals surface area contributed by atoms with E-state index in [0.717, 1.165) is 11.3 Å². The summed E-state index contributed by atoms with van der Waals surface area (Å²) in [6.45, 7) is 1.97. The van der Waals surface area contributed by atoms with Gasteiger partial charge in [-0.3, -0.25) is 0 Å². The molecule has 0 aliphatic rings. The Bertz CT molecular complexity index is 367. The zero-order valence-electron chi connectivity index (χ0n) is 6.69. The summed E-state index contributed by atoms with van der Waals surface area (Å²) >= 11 is 0. The highest BCUT2D eigenvalue weighted by molar-refractivity contribution is 5.51. The fraction of sp³-hybridized carbons (Fsp3) is 0.111. The van der Waals surface area contributed by atoms with Crippen molar-refractivity contribution in [2.75, 3.05) is 0 Å².